The number of amides is 1. The molecule has 2 heterocycles. The highest BCUT2D eigenvalue weighted by Crippen LogP contribution is 2.17. The molecule has 1 N–H and O–H groups in total. The highest BCUT2D eigenvalue weighted by molar-refractivity contribution is 7.12. The number of thiophene rings is 1. The molecule has 1 atom stereocenters. The lowest BCUT2D eigenvalue weighted by Crippen LogP contribution is -2.34. The Morgan fingerprint density at radius 2 is 2.09 bits per heavy atom. The molecule has 0 aromatic carbocycles. The number of nitrogens with zero attached hydrogens (tertiary/aromatic N) is 1. The minimum atomic E-state index is -0.0395. The van der Waals surface area contributed by atoms with E-state index in [-0.39, 0.29) is 17.7 Å². The first-order valence-corrected chi connectivity index (χ1v) is 8.49. The van der Waals surface area contributed by atoms with Gasteiger partial charge in [-0.25, -0.2) is 0 Å². The number of rotatable bonds is 9. The van der Waals surface area contributed by atoms with Gasteiger partial charge < -0.3 is 9.73 Å². The van der Waals surface area contributed by atoms with Crippen molar-refractivity contribution in [1.82, 2.24) is 10.2 Å². The molecule has 2 aromatic heterocycles. The van der Waals surface area contributed by atoms with Gasteiger partial charge >= 0.3 is 0 Å². The zero-order valence-electron chi connectivity index (χ0n) is 13.5. The van der Waals surface area contributed by atoms with Crippen molar-refractivity contribution < 1.29 is 14.0 Å². The number of furan rings is 1. The first-order valence-electron chi connectivity index (χ1n) is 7.61. The van der Waals surface area contributed by atoms with E-state index in [1.807, 2.05) is 48.6 Å². The highest BCUT2D eigenvalue weighted by atomic mass is 32.1. The standard InChI is InChI=1S/C17H22N2O3S/c1-19(2)13(15-7-4-10-22-15)12-18-17(21)9-3-6-14(20)16-8-5-11-23-16/h4-5,7-8,10-11,13H,3,6,9,12H2,1-2H3,(H,18,21). The zero-order valence-corrected chi connectivity index (χ0v) is 14.3. The number of Topliss-reactive ketones (excluding diaryl/α,β-unsaturated/α-hetero) is 1. The average molecular weight is 334 g/mol. The van der Waals surface area contributed by atoms with Crippen molar-refractivity contribution in [3.05, 3.63) is 46.5 Å². The quantitative estimate of drug-likeness (QED) is 0.716. The number of hydrogen-bond acceptors (Lipinski definition) is 5. The van der Waals surface area contributed by atoms with Crippen LogP contribution in [0.15, 0.2) is 40.3 Å². The monoisotopic (exact) mass is 334 g/mol. The fraction of sp³-hybridized carbons (Fsp3) is 0.412. The Kier molecular flexibility index (Phi) is 6.55. The van der Waals surface area contributed by atoms with Crippen molar-refractivity contribution in [2.75, 3.05) is 20.6 Å². The Morgan fingerprint density at radius 1 is 1.26 bits per heavy atom. The third kappa shape index (κ3) is 5.33. The molecule has 0 bridgehead atoms. The highest BCUT2D eigenvalue weighted by Gasteiger charge is 2.17. The van der Waals surface area contributed by atoms with Gasteiger partial charge in [-0.3, -0.25) is 14.5 Å². The number of carbonyl (C=O) groups is 2. The average Bonchev–Trinajstić information content (AvgIpc) is 3.20. The van der Waals surface area contributed by atoms with Crippen molar-refractivity contribution in [3.8, 4) is 0 Å². The summed E-state index contributed by atoms with van der Waals surface area (Å²) in [6, 6.07) is 7.42. The van der Waals surface area contributed by atoms with Crippen LogP contribution in [0.3, 0.4) is 0 Å². The molecule has 6 heteroatoms. The molecule has 0 saturated heterocycles. The summed E-state index contributed by atoms with van der Waals surface area (Å²) in [5.74, 6) is 0.889. The summed E-state index contributed by atoms with van der Waals surface area (Å²) in [5, 5.41) is 4.80. The molecule has 0 aliphatic rings. The summed E-state index contributed by atoms with van der Waals surface area (Å²) in [6.45, 7) is 0.484. The van der Waals surface area contributed by atoms with Gasteiger partial charge in [0.15, 0.2) is 5.78 Å². The Hall–Kier alpha value is -1.92. The van der Waals surface area contributed by atoms with E-state index in [1.165, 1.54) is 11.3 Å². The van der Waals surface area contributed by atoms with Gasteiger partial charge in [-0.2, -0.15) is 0 Å². The zero-order chi connectivity index (χ0) is 16.7. The van der Waals surface area contributed by atoms with Crippen LogP contribution in [0.25, 0.3) is 0 Å². The summed E-state index contributed by atoms with van der Waals surface area (Å²) in [6.07, 6.45) is 2.96. The summed E-state index contributed by atoms with van der Waals surface area (Å²) in [5.41, 5.74) is 0. The van der Waals surface area contributed by atoms with Crippen LogP contribution in [0.2, 0.25) is 0 Å². The van der Waals surface area contributed by atoms with E-state index in [4.69, 9.17) is 4.42 Å². The lowest BCUT2D eigenvalue weighted by Gasteiger charge is -2.22. The second kappa shape index (κ2) is 8.64. The maximum absolute atomic E-state index is 11.9. The van der Waals surface area contributed by atoms with Crippen molar-refractivity contribution in [3.63, 3.8) is 0 Å². The first-order chi connectivity index (χ1) is 11.1. The van der Waals surface area contributed by atoms with Crippen LogP contribution in [0, 0.1) is 0 Å². The topological polar surface area (TPSA) is 62.6 Å². The largest absolute Gasteiger partial charge is 0.468 e. The van der Waals surface area contributed by atoms with E-state index >= 15 is 0 Å². The maximum atomic E-state index is 11.9. The van der Waals surface area contributed by atoms with Crippen LogP contribution in [-0.4, -0.2) is 37.2 Å². The lowest BCUT2D eigenvalue weighted by molar-refractivity contribution is -0.121. The lowest BCUT2D eigenvalue weighted by atomic mass is 10.1. The SMILES string of the molecule is CN(C)C(CNC(=O)CCCC(=O)c1cccs1)c1ccco1. The second-order valence-electron chi connectivity index (χ2n) is 5.55. The Bertz CT molecular complexity index is 606. The number of nitrogens with one attached hydrogen (secondary N) is 1. The van der Waals surface area contributed by atoms with Gasteiger partial charge in [-0.1, -0.05) is 6.07 Å². The Balaban J connectivity index is 1.71. The number of ketones is 1. The van der Waals surface area contributed by atoms with Crippen molar-refractivity contribution >= 4 is 23.0 Å². The van der Waals surface area contributed by atoms with Gasteiger partial charge in [0.1, 0.15) is 5.76 Å². The molecule has 1 amide bonds. The first kappa shape index (κ1) is 17.4. The van der Waals surface area contributed by atoms with Gasteiger partial charge in [-0.05, 0) is 44.1 Å². The van der Waals surface area contributed by atoms with Gasteiger partial charge in [-0.15, -0.1) is 11.3 Å². The molecule has 0 aliphatic carbocycles. The van der Waals surface area contributed by atoms with Crippen LogP contribution in [0.5, 0.6) is 0 Å². The van der Waals surface area contributed by atoms with Gasteiger partial charge in [0.05, 0.1) is 17.2 Å². The molecule has 5 nitrogen and oxygen atoms in total. The fourth-order valence-corrected chi connectivity index (χ4v) is 2.98. The Labute approximate surface area is 140 Å². The van der Waals surface area contributed by atoms with Crippen LogP contribution in [0.4, 0.5) is 0 Å². The molecule has 1 unspecified atom stereocenters. The summed E-state index contributed by atoms with van der Waals surface area (Å²) in [4.78, 5) is 26.6. The molecule has 0 saturated carbocycles. The molecule has 0 aliphatic heterocycles. The third-order valence-electron chi connectivity index (χ3n) is 3.59. The van der Waals surface area contributed by atoms with Gasteiger partial charge in [0.25, 0.3) is 0 Å². The maximum Gasteiger partial charge on any atom is 0.220 e. The van der Waals surface area contributed by atoms with E-state index < -0.39 is 0 Å². The van der Waals surface area contributed by atoms with E-state index in [0.29, 0.717) is 25.8 Å². The number of likely N-dealkylation sites (N-methyl/N-ethyl adjacent to an activating group) is 1. The van der Waals surface area contributed by atoms with Gasteiger partial charge in [0, 0.05) is 19.4 Å². The molecule has 2 rings (SSSR count). The van der Waals surface area contributed by atoms with Crippen molar-refractivity contribution in [2.45, 2.75) is 25.3 Å². The fourth-order valence-electron chi connectivity index (χ4n) is 2.29. The van der Waals surface area contributed by atoms with Gasteiger partial charge in [0.2, 0.25) is 5.91 Å². The Morgan fingerprint density at radius 3 is 2.70 bits per heavy atom. The van der Waals surface area contributed by atoms with E-state index in [2.05, 4.69) is 5.32 Å². The minimum Gasteiger partial charge on any atom is -0.468 e. The molecule has 2 aromatic rings. The predicted octanol–water partition coefficient (Wildman–Crippen LogP) is 3.11. The molecule has 124 valence electrons. The molecule has 0 radical (unpaired) electrons. The van der Waals surface area contributed by atoms with Crippen molar-refractivity contribution in [2.24, 2.45) is 0 Å². The molecule has 23 heavy (non-hydrogen) atoms. The molecule has 0 fully saturated rings. The summed E-state index contributed by atoms with van der Waals surface area (Å²) < 4.78 is 5.41. The number of carbonyl (C=O) groups excluding carboxylic acids is 2. The molecular weight excluding hydrogens is 312 g/mol. The molecular formula is C17H22N2O3S. The van der Waals surface area contributed by atoms with E-state index in [1.54, 1.807) is 6.26 Å². The molecule has 0 spiro atoms. The minimum absolute atomic E-state index is 0.00157. The van der Waals surface area contributed by atoms with Crippen LogP contribution < -0.4 is 5.32 Å². The summed E-state index contributed by atoms with van der Waals surface area (Å²) >= 11 is 1.44. The predicted molar refractivity (Wildman–Crippen MR) is 90.6 cm³/mol. The van der Waals surface area contributed by atoms with Crippen molar-refractivity contribution in [1.29, 1.82) is 0 Å². The third-order valence-corrected chi connectivity index (χ3v) is 4.50. The second-order valence-corrected chi connectivity index (χ2v) is 6.50. The number of hydrogen-bond donors (Lipinski definition) is 1. The summed E-state index contributed by atoms with van der Waals surface area (Å²) in [7, 11) is 3.89. The smallest absolute Gasteiger partial charge is 0.220 e. The van der Waals surface area contributed by atoms with E-state index in [9.17, 15) is 9.59 Å². The van der Waals surface area contributed by atoms with E-state index in [0.717, 1.165) is 10.6 Å². The van der Waals surface area contributed by atoms with Crippen LogP contribution in [0.1, 0.15) is 40.7 Å². The normalized spacial score (nSPS) is 12.3. The van der Waals surface area contributed by atoms with Crippen LogP contribution in [-0.2, 0) is 4.79 Å². The van der Waals surface area contributed by atoms with Crippen LogP contribution >= 0.6 is 11.3 Å².